The second-order valence-electron chi connectivity index (χ2n) is 5.67. The molecule has 1 aliphatic heterocycles. The van der Waals surface area contributed by atoms with Crippen LogP contribution in [0.3, 0.4) is 0 Å². The maximum Gasteiger partial charge on any atom is 0.406 e. The van der Waals surface area contributed by atoms with Gasteiger partial charge in [0, 0.05) is 18.4 Å². The van der Waals surface area contributed by atoms with Gasteiger partial charge in [0.1, 0.15) is 12.6 Å². The van der Waals surface area contributed by atoms with Crippen molar-refractivity contribution in [3.8, 4) is 0 Å². The molecule has 3 rings (SSSR count). The molecule has 7 nitrogen and oxygen atoms in total. The number of H-pyrrole nitrogens is 1. The molecule has 0 saturated carbocycles. The van der Waals surface area contributed by atoms with Crippen LogP contribution in [0.5, 0.6) is 0 Å². The monoisotopic (exact) mass is 376 g/mol. The van der Waals surface area contributed by atoms with Gasteiger partial charge in [-0.05, 0) is 17.2 Å². The number of alkyl halides is 3. The van der Waals surface area contributed by atoms with Crippen LogP contribution >= 0.6 is 11.6 Å². The Kier molecular flexibility index (Phi) is 4.23. The predicted octanol–water partition coefficient (Wildman–Crippen LogP) is 2.30. The summed E-state index contributed by atoms with van der Waals surface area (Å²) >= 11 is 6.13. The maximum atomic E-state index is 12.9. The van der Waals surface area contributed by atoms with Gasteiger partial charge in [-0.2, -0.15) is 18.3 Å². The van der Waals surface area contributed by atoms with Crippen molar-refractivity contribution in [1.29, 1.82) is 0 Å². The normalized spacial score (nSPS) is 18.2. The zero-order valence-electron chi connectivity index (χ0n) is 12.5. The Hall–Kier alpha value is -2.49. The molecule has 2 aromatic rings. The van der Waals surface area contributed by atoms with Crippen LogP contribution < -0.4 is 5.32 Å². The highest BCUT2D eigenvalue weighted by atomic mass is 35.5. The van der Waals surface area contributed by atoms with E-state index in [4.69, 9.17) is 16.7 Å². The number of hydrogen-bond donors (Lipinski definition) is 3. The molecule has 1 atom stereocenters. The summed E-state index contributed by atoms with van der Waals surface area (Å²) in [5, 5.41) is 18.2. The van der Waals surface area contributed by atoms with Crippen LogP contribution in [0.4, 0.5) is 18.0 Å². The molecule has 0 radical (unpaired) electrons. The van der Waals surface area contributed by atoms with Gasteiger partial charge in [0.25, 0.3) is 0 Å². The van der Waals surface area contributed by atoms with Crippen LogP contribution in [0.15, 0.2) is 12.3 Å². The summed E-state index contributed by atoms with van der Waals surface area (Å²) < 4.78 is 38.6. The third kappa shape index (κ3) is 3.48. The predicted molar refractivity (Wildman–Crippen MR) is 81.2 cm³/mol. The quantitative estimate of drug-likeness (QED) is 0.749. The molecule has 0 spiro atoms. The standard InChI is InChI=1S/C14H12ClF3N4O3/c15-9-1-6-2-10(20-13(24)25)12(23)22(5-14(16,17)18)4-8(6)7-3-19-21-11(7)9/h1,3,10,20H,2,4-5H2,(H,19,21)(H,24,25)/t10-/m1/s1. The fourth-order valence-corrected chi connectivity index (χ4v) is 3.24. The van der Waals surface area contributed by atoms with Gasteiger partial charge in [0.2, 0.25) is 5.91 Å². The Morgan fingerprint density at radius 1 is 1.52 bits per heavy atom. The van der Waals surface area contributed by atoms with Crippen molar-refractivity contribution < 1.29 is 27.9 Å². The van der Waals surface area contributed by atoms with E-state index in [1.165, 1.54) is 12.3 Å². The molecule has 0 saturated heterocycles. The van der Waals surface area contributed by atoms with Crippen LogP contribution in [-0.2, 0) is 17.8 Å². The van der Waals surface area contributed by atoms with Gasteiger partial charge in [0.05, 0.1) is 16.7 Å². The number of hydrogen-bond acceptors (Lipinski definition) is 3. The number of nitrogens with zero attached hydrogens (tertiary/aromatic N) is 2. The molecule has 25 heavy (non-hydrogen) atoms. The molecule has 0 unspecified atom stereocenters. The average molecular weight is 377 g/mol. The van der Waals surface area contributed by atoms with Crippen LogP contribution in [0, 0.1) is 0 Å². The smallest absolute Gasteiger partial charge is 0.406 e. The first kappa shape index (κ1) is 17.3. The van der Waals surface area contributed by atoms with Crippen molar-refractivity contribution in [2.75, 3.05) is 6.54 Å². The Balaban J connectivity index is 2.11. The second-order valence-corrected chi connectivity index (χ2v) is 6.08. The summed E-state index contributed by atoms with van der Waals surface area (Å²) in [5.74, 6) is -0.941. The Morgan fingerprint density at radius 2 is 2.24 bits per heavy atom. The van der Waals surface area contributed by atoms with Gasteiger partial charge in [-0.3, -0.25) is 9.89 Å². The van der Waals surface area contributed by atoms with Crippen molar-refractivity contribution in [1.82, 2.24) is 20.4 Å². The van der Waals surface area contributed by atoms with E-state index < -0.39 is 30.8 Å². The highest BCUT2D eigenvalue weighted by Crippen LogP contribution is 2.32. The zero-order valence-corrected chi connectivity index (χ0v) is 13.3. The van der Waals surface area contributed by atoms with Crippen LogP contribution in [0.25, 0.3) is 10.9 Å². The van der Waals surface area contributed by atoms with E-state index in [0.29, 0.717) is 26.9 Å². The van der Waals surface area contributed by atoms with Crippen molar-refractivity contribution in [2.45, 2.75) is 25.2 Å². The van der Waals surface area contributed by atoms with Gasteiger partial charge in [-0.15, -0.1) is 0 Å². The number of carbonyl (C=O) groups excluding carboxylic acids is 1. The SMILES string of the molecule is O=C(O)N[C@@H]1Cc2cc(Cl)c3[nH]ncc3c2CN(CC(F)(F)F)C1=O. The van der Waals surface area contributed by atoms with E-state index >= 15 is 0 Å². The minimum atomic E-state index is -4.62. The first-order chi connectivity index (χ1) is 11.7. The van der Waals surface area contributed by atoms with E-state index in [9.17, 15) is 22.8 Å². The van der Waals surface area contributed by atoms with Crippen molar-refractivity contribution in [3.63, 3.8) is 0 Å². The van der Waals surface area contributed by atoms with Crippen molar-refractivity contribution in [3.05, 3.63) is 28.4 Å². The molecular formula is C14H12ClF3N4O3. The molecule has 2 heterocycles. The third-order valence-electron chi connectivity index (χ3n) is 3.94. The molecule has 3 N–H and O–H groups in total. The van der Waals surface area contributed by atoms with Gasteiger partial charge >= 0.3 is 12.3 Å². The maximum absolute atomic E-state index is 12.9. The fourth-order valence-electron chi connectivity index (χ4n) is 2.96. The molecule has 0 fully saturated rings. The summed E-state index contributed by atoms with van der Waals surface area (Å²) in [6.07, 6.45) is -4.79. The van der Waals surface area contributed by atoms with Crippen molar-refractivity contribution in [2.24, 2.45) is 0 Å². The summed E-state index contributed by atoms with van der Waals surface area (Å²) in [6, 6.07) is 0.180. The summed E-state index contributed by atoms with van der Waals surface area (Å²) in [4.78, 5) is 23.9. The van der Waals surface area contributed by atoms with E-state index in [-0.39, 0.29) is 18.0 Å². The number of amides is 2. The average Bonchev–Trinajstić information content (AvgIpc) is 2.93. The van der Waals surface area contributed by atoms with Crippen LogP contribution in [-0.4, -0.2) is 51.0 Å². The molecule has 2 amide bonds. The second kappa shape index (κ2) is 6.10. The number of aromatic nitrogens is 2. The lowest BCUT2D eigenvalue weighted by Gasteiger charge is -2.25. The fraction of sp³-hybridized carbons (Fsp3) is 0.357. The first-order valence-corrected chi connectivity index (χ1v) is 7.52. The zero-order chi connectivity index (χ0) is 18.4. The van der Waals surface area contributed by atoms with Crippen molar-refractivity contribution >= 4 is 34.5 Å². The van der Waals surface area contributed by atoms with E-state index in [1.54, 1.807) is 0 Å². The number of fused-ring (bicyclic) bond motifs is 3. The number of nitrogens with one attached hydrogen (secondary N) is 2. The van der Waals surface area contributed by atoms with Gasteiger partial charge in [-0.25, -0.2) is 4.79 Å². The highest BCUT2D eigenvalue weighted by molar-refractivity contribution is 6.35. The van der Waals surface area contributed by atoms with Crippen LogP contribution in [0.1, 0.15) is 11.1 Å². The summed E-state index contributed by atoms with van der Waals surface area (Å²) in [5.41, 5.74) is 1.40. The molecule has 0 bridgehead atoms. The number of halogens is 4. The number of benzene rings is 1. The van der Waals surface area contributed by atoms with Gasteiger partial charge in [0.15, 0.2) is 0 Å². The topological polar surface area (TPSA) is 98.3 Å². The molecule has 134 valence electrons. The number of carbonyl (C=O) groups is 2. The molecule has 1 aliphatic rings. The van der Waals surface area contributed by atoms with Gasteiger partial charge < -0.3 is 15.3 Å². The minimum absolute atomic E-state index is 0.102. The minimum Gasteiger partial charge on any atom is -0.465 e. The Bertz CT molecular complexity index is 852. The highest BCUT2D eigenvalue weighted by Gasteiger charge is 2.38. The lowest BCUT2D eigenvalue weighted by atomic mass is 9.99. The van der Waals surface area contributed by atoms with E-state index in [2.05, 4.69) is 10.2 Å². The van der Waals surface area contributed by atoms with Gasteiger partial charge in [-0.1, -0.05) is 11.6 Å². The Morgan fingerprint density at radius 3 is 2.88 bits per heavy atom. The Labute approximate surface area is 143 Å². The molecular weight excluding hydrogens is 365 g/mol. The van der Waals surface area contributed by atoms with E-state index in [1.807, 2.05) is 5.32 Å². The summed E-state index contributed by atoms with van der Waals surface area (Å²) in [6.45, 7) is -1.80. The van der Waals surface area contributed by atoms with Crippen LogP contribution in [0.2, 0.25) is 5.02 Å². The van der Waals surface area contributed by atoms with E-state index in [0.717, 1.165) is 0 Å². The summed E-state index contributed by atoms with van der Waals surface area (Å²) in [7, 11) is 0. The molecule has 1 aromatic carbocycles. The largest absolute Gasteiger partial charge is 0.465 e. The third-order valence-corrected chi connectivity index (χ3v) is 4.24. The molecule has 0 aliphatic carbocycles. The lowest BCUT2D eigenvalue weighted by Crippen LogP contribution is -2.49. The number of aromatic amines is 1. The first-order valence-electron chi connectivity index (χ1n) is 7.14. The molecule has 11 heteroatoms. The number of carboxylic acid groups (broad SMARTS) is 1. The lowest BCUT2D eigenvalue weighted by molar-refractivity contribution is -0.163. The molecule has 1 aromatic heterocycles. The number of rotatable bonds is 2.